The van der Waals surface area contributed by atoms with Crippen molar-refractivity contribution < 1.29 is 4.43 Å². The fourth-order valence-corrected chi connectivity index (χ4v) is 2.15. The molecule has 0 N–H and O–H groups in total. The van der Waals surface area contributed by atoms with Gasteiger partial charge in [0.15, 0.2) is 5.69 Å². The Morgan fingerprint density at radius 2 is 2.06 bits per heavy atom. The second-order valence-electron chi connectivity index (χ2n) is 4.76. The van der Waals surface area contributed by atoms with Crippen LogP contribution in [0.1, 0.15) is 11.4 Å². The second-order valence-corrected chi connectivity index (χ2v) is 4.76. The fourth-order valence-electron chi connectivity index (χ4n) is 2.15. The molecular formula is C11H19N5O2. The van der Waals surface area contributed by atoms with E-state index in [1.807, 2.05) is 0 Å². The van der Waals surface area contributed by atoms with Gasteiger partial charge in [0.2, 0.25) is 0 Å². The molecule has 0 aliphatic carbocycles. The maximum Gasteiger partial charge on any atom is 0.355 e. The standard InChI is InChI=1S/C11H19N5O2/c1-10-11(15(17)9-12-16(10)18)3-4-14-7-5-13(2)6-8-14/h9H,3-8H2,1-2H3. The van der Waals surface area contributed by atoms with Gasteiger partial charge in [0.1, 0.15) is 0 Å². The Morgan fingerprint density at radius 1 is 1.39 bits per heavy atom. The van der Waals surface area contributed by atoms with E-state index < -0.39 is 0 Å². The van der Waals surface area contributed by atoms with Crippen LogP contribution in [0.4, 0.5) is 0 Å². The van der Waals surface area contributed by atoms with Gasteiger partial charge in [-0.1, -0.05) is 4.91 Å². The van der Waals surface area contributed by atoms with E-state index in [-0.39, 0.29) is 0 Å². The van der Waals surface area contributed by atoms with Gasteiger partial charge >= 0.3 is 6.33 Å². The Balaban J connectivity index is 1.98. The lowest BCUT2D eigenvalue weighted by Gasteiger charge is -2.32. The third-order valence-electron chi connectivity index (χ3n) is 3.49. The topological polar surface area (TPSA) is 70.3 Å². The van der Waals surface area contributed by atoms with Crippen molar-refractivity contribution in [1.29, 1.82) is 0 Å². The molecule has 0 spiro atoms. The van der Waals surface area contributed by atoms with Gasteiger partial charge in [-0.15, -0.1) is 0 Å². The van der Waals surface area contributed by atoms with Crippen molar-refractivity contribution in [3.8, 4) is 0 Å². The summed E-state index contributed by atoms with van der Waals surface area (Å²) in [5.74, 6) is 0. The normalized spacial score (nSPS) is 18.1. The monoisotopic (exact) mass is 253 g/mol. The van der Waals surface area contributed by atoms with Crippen LogP contribution >= 0.6 is 0 Å². The van der Waals surface area contributed by atoms with E-state index in [9.17, 15) is 10.1 Å². The first kappa shape index (κ1) is 13.0. The number of nitrogens with zero attached hydrogens (tertiary/aromatic N) is 5. The lowest BCUT2D eigenvalue weighted by Crippen LogP contribution is -2.45. The van der Waals surface area contributed by atoms with Crippen LogP contribution in [0.5, 0.6) is 0 Å². The van der Waals surface area contributed by atoms with Crippen molar-refractivity contribution in [1.82, 2.24) is 19.7 Å². The third-order valence-corrected chi connectivity index (χ3v) is 3.49. The van der Waals surface area contributed by atoms with Crippen molar-refractivity contribution in [2.24, 2.45) is 0 Å². The second kappa shape index (κ2) is 5.45. The van der Waals surface area contributed by atoms with Crippen LogP contribution in [0.15, 0.2) is 6.33 Å². The molecular weight excluding hydrogens is 234 g/mol. The maximum absolute atomic E-state index is 11.6. The predicted molar refractivity (Wildman–Crippen MR) is 66.7 cm³/mol. The van der Waals surface area contributed by atoms with Crippen molar-refractivity contribution in [2.45, 2.75) is 13.3 Å². The molecule has 1 saturated heterocycles. The first-order valence-corrected chi connectivity index (χ1v) is 6.16. The molecule has 7 heteroatoms. The molecule has 18 heavy (non-hydrogen) atoms. The van der Waals surface area contributed by atoms with E-state index in [4.69, 9.17) is 0 Å². The van der Waals surface area contributed by atoms with Crippen LogP contribution in [0.2, 0.25) is 0 Å². The van der Waals surface area contributed by atoms with Gasteiger partial charge in [0.25, 0.3) is 0 Å². The van der Waals surface area contributed by atoms with E-state index in [1.165, 1.54) is 0 Å². The quantitative estimate of drug-likeness (QED) is 0.662. The molecule has 0 radical (unpaired) electrons. The van der Waals surface area contributed by atoms with Crippen LogP contribution in [0.25, 0.3) is 0 Å². The van der Waals surface area contributed by atoms with Gasteiger partial charge in [0.05, 0.1) is 5.69 Å². The van der Waals surface area contributed by atoms with Crippen molar-refractivity contribution in [2.75, 3.05) is 39.8 Å². The zero-order chi connectivity index (χ0) is 13.1. The zero-order valence-electron chi connectivity index (χ0n) is 10.9. The molecule has 100 valence electrons. The highest BCUT2D eigenvalue weighted by atomic mass is 16.5. The number of aromatic nitrogens is 3. The molecule has 2 heterocycles. The minimum Gasteiger partial charge on any atom is -0.773 e. The molecule has 7 nitrogen and oxygen atoms in total. The van der Waals surface area contributed by atoms with Crippen LogP contribution in [-0.2, 0) is 6.42 Å². The van der Waals surface area contributed by atoms with E-state index >= 15 is 0 Å². The highest BCUT2D eigenvalue weighted by Gasteiger charge is 2.17. The SMILES string of the molecule is Cc1c(CCN2CCN(C)CC2)[n+](=O)cnn1[O-]. The molecule has 0 atom stereocenters. The summed E-state index contributed by atoms with van der Waals surface area (Å²) >= 11 is 0. The summed E-state index contributed by atoms with van der Waals surface area (Å²) in [5, 5.41) is 14.8. The van der Waals surface area contributed by atoms with Gasteiger partial charge in [-0.05, 0) is 14.0 Å². The number of likely N-dealkylation sites (N-methyl/N-ethyl adjacent to an activating group) is 1. The molecule has 0 bridgehead atoms. The molecule has 2 rings (SSSR count). The highest BCUT2D eigenvalue weighted by molar-refractivity contribution is 5.04. The Kier molecular flexibility index (Phi) is 3.93. The van der Waals surface area contributed by atoms with Gasteiger partial charge < -0.3 is 15.0 Å². The summed E-state index contributed by atoms with van der Waals surface area (Å²) in [6.07, 6.45) is 1.61. The van der Waals surface area contributed by atoms with Crippen LogP contribution in [-0.4, -0.2) is 59.5 Å². The predicted octanol–water partition coefficient (Wildman–Crippen LogP) is -0.758. The molecule has 0 saturated carbocycles. The first-order valence-electron chi connectivity index (χ1n) is 6.16. The Bertz CT molecular complexity index is 465. The van der Waals surface area contributed by atoms with E-state index in [1.54, 1.807) is 6.92 Å². The summed E-state index contributed by atoms with van der Waals surface area (Å²) in [6.45, 7) is 6.56. The molecule has 1 aromatic heterocycles. The minimum absolute atomic E-state index is 0.390. The third kappa shape index (κ3) is 2.85. The van der Waals surface area contributed by atoms with Crippen molar-refractivity contribution in [3.63, 3.8) is 0 Å². The molecule has 1 aliphatic rings. The van der Waals surface area contributed by atoms with Gasteiger partial charge in [-0.3, -0.25) is 0 Å². The van der Waals surface area contributed by atoms with Crippen molar-refractivity contribution in [3.05, 3.63) is 27.8 Å². The van der Waals surface area contributed by atoms with Crippen molar-refractivity contribution >= 4 is 0 Å². The smallest absolute Gasteiger partial charge is 0.355 e. The van der Waals surface area contributed by atoms with Crippen LogP contribution < -0.4 is 4.43 Å². The molecule has 1 aromatic rings. The van der Waals surface area contributed by atoms with Crippen LogP contribution in [0.3, 0.4) is 0 Å². The lowest BCUT2D eigenvalue weighted by molar-refractivity contribution is -0.511. The maximum atomic E-state index is 11.6. The Labute approximate surface area is 106 Å². The molecule has 1 fully saturated rings. The van der Waals surface area contributed by atoms with Gasteiger partial charge in [-0.25, -0.2) is 0 Å². The summed E-state index contributed by atoms with van der Waals surface area (Å²) in [6, 6.07) is 0. The molecule has 1 aliphatic heterocycles. The number of rotatable bonds is 3. The lowest BCUT2D eigenvalue weighted by atomic mass is 10.2. The van der Waals surface area contributed by atoms with E-state index in [2.05, 4.69) is 21.9 Å². The number of piperazine rings is 1. The van der Waals surface area contributed by atoms with E-state index in [0.717, 1.165) is 39.1 Å². The average molecular weight is 253 g/mol. The summed E-state index contributed by atoms with van der Waals surface area (Å²) in [4.78, 5) is 16.7. The Morgan fingerprint density at radius 3 is 2.72 bits per heavy atom. The van der Waals surface area contributed by atoms with Gasteiger partial charge in [-0.2, -0.15) is 4.85 Å². The molecule has 0 aromatic carbocycles. The zero-order valence-corrected chi connectivity index (χ0v) is 10.9. The van der Waals surface area contributed by atoms with E-state index in [0.29, 0.717) is 27.1 Å². The highest BCUT2D eigenvalue weighted by Crippen LogP contribution is 2.04. The number of hydrogen-bond donors (Lipinski definition) is 0. The summed E-state index contributed by atoms with van der Waals surface area (Å²) in [7, 11) is 2.11. The first-order chi connectivity index (χ1) is 8.58. The van der Waals surface area contributed by atoms with Crippen LogP contribution in [0, 0.1) is 17.0 Å². The average Bonchev–Trinajstić information content (AvgIpc) is 2.36. The summed E-state index contributed by atoms with van der Waals surface area (Å²) < 4.78 is 0.694. The summed E-state index contributed by atoms with van der Waals surface area (Å²) in [5.41, 5.74) is 0.903. The minimum atomic E-state index is 0.390. The molecule has 0 amide bonds. The number of hydrogen-bond acceptors (Lipinski definition) is 5. The van der Waals surface area contributed by atoms with Gasteiger partial charge in [0, 0.05) is 48.7 Å². The largest absolute Gasteiger partial charge is 0.773 e. The fraction of sp³-hybridized carbons (Fsp3) is 0.727. The molecule has 0 unspecified atom stereocenters. The Hall–Kier alpha value is -1.47.